The maximum Gasteiger partial charge on any atom is 0.256 e. The first kappa shape index (κ1) is 20.2. The van der Waals surface area contributed by atoms with E-state index in [1.165, 1.54) is 36.3 Å². The van der Waals surface area contributed by atoms with Crippen LogP contribution >= 0.6 is 0 Å². The lowest BCUT2D eigenvalue weighted by Gasteiger charge is -2.38. The van der Waals surface area contributed by atoms with E-state index in [9.17, 15) is 18.7 Å². The molecule has 1 atom stereocenters. The molecule has 0 radical (unpaired) electrons. The molecule has 1 saturated heterocycles. The van der Waals surface area contributed by atoms with Crippen LogP contribution in [0.2, 0.25) is 0 Å². The van der Waals surface area contributed by atoms with Gasteiger partial charge in [0.15, 0.2) is 5.60 Å². The van der Waals surface area contributed by atoms with Crippen LogP contribution in [0.3, 0.4) is 0 Å². The summed E-state index contributed by atoms with van der Waals surface area (Å²) in [5, 5.41) is 13.9. The second-order valence-corrected chi connectivity index (χ2v) is 7.05. The Morgan fingerprint density at radius 1 is 1.21 bits per heavy atom. The molecule has 2 N–H and O–H groups in total. The van der Waals surface area contributed by atoms with Crippen molar-refractivity contribution in [2.24, 2.45) is 0 Å². The Morgan fingerprint density at radius 2 is 1.96 bits per heavy atom. The number of methoxy groups -OCH3 is 1. The van der Waals surface area contributed by atoms with E-state index >= 15 is 0 Å². The molecule has 1 aliphatic rings. The molecule has 1 aliphatic heterocycles. The number of benzene rings is 2. The molecule has 1 amide bonds. The number of hydrogen-bond donors (Lipinski definition) is 2. The molecular weight excluding hydrogens is 366 g/mol. The zero-order valence-electron chi connectivity index (χ0n) is 15.8. The topological polar surface area (TPSA) is 61.8 Å². The van der Waals surface area contributed by atoms with E-state index in [0.717, 1.165) is 5.56 Å². The van der Waals surface area contributed by atoms with Crippen LogP contribution in [0.4, 0.5) is 8.78 Å². The summed E-state index contributed by atoms with van der Waals surface area (Å²) < 4.78 is 32.2. The third-order valence-corrected chi connectivity index (χ3v) is 4.98. The quantitative estimate of drug-likeness (QED) is 0.763. The van der Waals surface area contributed by atoms with Crippen molar-refractivity contribution >= 4 is 5.91 Å². The molecule has 3 rings (SSSR count). The molecule has 28 heavy (non-hydrogen) atoms. The number of carbonyl (C=O) groups is 1. The van der Waals surface area contributed by atoms with Crippen LogP contribution in [-0.2, 0) is 17.9 Å². The molecule has 5 nitrogen and oxygen atoms in total. The molecule has 0 aliphatic carbocycles. The number of nitrogens with zero attached hydrogens (tertiary/aromatic N) is 1. The predicted octanol–water partition coefficient (Wildman–Crippen LogP) is 2.62. The molecule has 0 unspecified atom stereocenters. The minimum absolute atomic E-state index is 0.0697. The fourth-order valence-corrected chi connectivity index (χ4v) is 3.40. The van der Waals surface area contributed by atoms with Gasteiger partial charge in [0, 0.05) is 31.7 Å². The summed E-state index contributed by atoms with van der Waals surface area (Å²) in [5.41, 5.74) is -0.354. The van der Waals surface area contributed by atoms with Gasteiger partial charge in [-0.1, -0.05) is 12.1 Å². The van der Waals surface area contributed by atoms with E-state index in [0.29, 0.717) is 37.2 Å². The summed E-state index contributed by atoms with van der Waals surface area (Å²) in [4.78, 5) is 14.3. The highest BCUT2D eigenvalue weighted by Crippen LogP contribution is 2.26. The number of hydrogen-bond acceptors (Lipinski definition) is 4. The van der Waals surface area contributed by atoms with Crippen molar-refractivity contribution in [3.05, 3.63) is 65.2 Å². The Labute approximate surface area is 162 Å². The minimum Gasteiger partial charge on any atom is -0.497 e. The highest BCUT2D eigenvalue weighted by atomic mass is 19.1. The maximum absolute atomic E-state index is 14.1. The first-order valence-corrected chi connectivity index (χ1v) is 9.20. The first-order chi connectivity index (χ1) is 13.4. The molecule has 2 aromatic carbocycles. The van der Waals surface area contributed by atoms with Crippen molar-refractivity contribution in [2.75, 3.05) is 20.2 Å². The van der Waals surface area contributed by atoms with Crippen molar-refractivity contribution in [2.45, 2.75) is 31.5 Å². The van der Waals surface area contributed by atoms with Gasteiger partial charge in [0.25, 0.3) is 5.91 Å². The second kappa shape index (κ2) is 8.67. The smallest absolute Gasteiger partial charge is 0.256 e. The average Bonchev–Trinajstić information content (AvgIpc) is 2.69. The van der Waals surface area contributed by atoms with Crippen LogP contribution in [0, 0.1) is 11.6 Å². The molecule has 150 valence electrons. The highest BCUT2D eigenvalue weighted by molar-refractivity contribution is 5.86. The van der Waals surface area contributed by atoms with Crippen LogP contribution in [0.15, 0.2) is 42.5 Å². The fraction of sp³-hybridized carbons (Fsp3) is 0.381. The fourth-order valence-electron chi connectivity index (χ4n) is 3.40. The lowest BCUT2D eigenvalue weighted by Crippen LogP contribution is -2.57. The van der Waals surface area contributed by atoms with Crippen LogP contribution < -0.4 is 10.1 Å². The van der Waals surface area contributed by atoms with Gasteiger partial charge in [-0.3, -0.25) is 4.79 Å². The Morgan fingerprint density at radius 3 is 2.68 bits per heavy atom. The second-order valence-electron chi connectivity index (χ2n) is 7.05. The van der Waals surface area contributed by atoms with E-state index < -0.39 is 17.3 Å². The van der Waals surface area contributed by atoms with Gasteiger partial charge in [-0.15, -0.1) is 0 Å². The van der Waals surface area contributed by atoms with Gasteiger partial charge < -0.3 is 20.1 Å². The Kier molecular flexibility index (Phi) is 6.26. The summed E-state index contributed by atoms with van der Waals surface area (Å²) in [6.45, 7) is 0.999. The molecule has 1 heterocycles. The summed E-state index contributed by atoms with van der Waals surface area (Å²) in [6.07, 6.45) is 0.950. The number of likely N-dealkylation sites (tertiary alicyclic amines) is 1. The lowest BCUT2D eigenvalue weighted by molar-refractivity contribution is -0.157. The Hall–Kier alpha value is -2.51. The third-order valence-electron chi connectivity index (χ3n) is 4.98. The van der Waals surface area contributed by atoms with Crippen molar-refractivity contribution in [3.8, 4) is 5.75 Å². The third kappa shape index (κ3) is 4.66. The van der Waals surface area contributed by atoms with Gasteiger partial charge in [-0.2, -0.15) is 0 Å². The number of halogens is 2. The number of piperidine rings is 1. The lowest BCUT2D eigenvalue weighted by atomic mass is 9.91. The van der Waals surface area contributed by atoms with Crippen LogP contribution in [0.1, 0.15) is 24.0 Å². The van der Waals surface area contributed by atoms with Gasteiger partial charge in [0.1, 0.15) is 17.4 Å². The number of rotatable bonds is 7. The minimum atomic E-state index is -1.55. The molecular formula is C21H24F2N2O3. The number of nitrogens with one attached hydrogen (secondary N) is 1. The summed E-state index contributed by atoms with van der Waals surface area (Å²) in [5.74, 6) is -0.646. The number of aliphatic hydroxyl groups is 1. The maximum atomic E-state index is 14.1. The normalized spacial score (nSPS) is 19.7. The Bertz CT molecular complexity index is 829. The molecule has 2 aromatic rings. The summed E-state index contributed by atoms with van der Waals surface area (Å²) in [6, 6.07) is 10.4. The summed E-state index contributed by atoms with van der Waals surface area (Å²) in [7, 11) is 1.49. The van der Waals surface area contributed by atoms with Crippen molar-refractivity contribution in [3.63, 3.8) is 0 Å². The Balaban J connectivity index is 1.63. The number of ether oxygens (including phenoxy) is 1. The zero-order chi connectivity index (χ0) is 20.1. The van der Waals surface area contributed by atoms with E-state index in [1.54, 1.807) is 18.2 Å². The molecule has 0 spiro atoms. The van der Waals surface area contributed by atoms with Gasteiger partial charge in [0.05, 0.1) is 7.11 Å². The largest absolute Gasteiger partial charge is 0.497 e. The van der Waals surface area contributed by atoms with Gasteiger partial charge in [-0.25, -0.2) is 8.78 Å². The van der Waals surface area contributed by atoms with Crippen molar-refractivity contribution < 1.29 is 23.4 Å². The van der Waals surface area contributed by atoms with E-state index in [-0.39, 0.29) is 18.9 Å². The van der Waals surface area contributed by atoms with Gasteiger partial charge in [0.2, 0.25) is 0 Å². The predicted molar refractivity (Wildman–Crippen MR) is 101 cm³/mol. The number of amides is 1. The molecule has 0 bridgehead atoms. The molecule has 0 aromatic heterocycles. The molecule has 1 fully saturated rings. The van der Waals surface area contributed by atoms with Crippen molar-refractivity contribution in [1.82, 2.24) is 10.2 Å². The SMILES string of the molecule is COc1ccc(F)c(CN2CCC[C@](O)(CNCc3ccc(F)cc3)C2=O)c1. The standard InChI is InChI=1S/C21H24F2N2O3/c1-28-18-7-8-19(23)16(11-18)13-25-10-2-9-21(27,20(25)26)14-24-12-15-3-5-17(22)6-4-15/h3-8,11,24,27H,2,9-10,12-14H2,1H3/t21-/m0/s1. The zero-order valence-corrected chi connectivity index (χ0v) is 15.8. The van der Waals surface area contributed by atoms with Crippen LogP contribution in [-0.4, -0.2) is 41.7 Å². The molecule has 0 saturated carbocycles. The average molecular weight is 390 g/mol. The van der Waals surface area contributed by atoms with E-state index in [1.807, 2.05) is 0 Å². The molecule has 7 heteroatoms. The van der Waals surface area contributed by atoms with E-state index in [2.05, 4.69) is 5.32 Å². The van der Waals surface area contributed by atoms with Crippen molar-refractivity contribution in [1.29, 1.82) is 0 Å². The van der Waals surface area contributed by atoms with Crippen LogP contribution in [0.25, 0.3) is 0 Å². The highest BCUT2D eigenvalue weighted by Gasteiger charge is 2.41. The number of carbonyl (C=O) groups excluding carboxylic acids is 1. The van der Waals surface area contributed by atoms with Gasteiger partial charge in [-0.05, 0) is 48.7 Å². The van der Waals surface area contributed by atoms with Gasteiger partial charge >= 0.3 is 0 Å². The summed E-state index contributed by atoms with van der Waals surface area (Å²) >= 11 is 0. The first-order valence-electron chi connectivity index (χ1n) is 9.20. The van der Waals surface area contributed by atoms with E-state index in [4.69, 9.17) is 4.74 Å². The monoisotopic (exact) mass is 390 g/mol. The van der Waals surface area contributed by atoms with Crippen LogP contribution in [0.5, 0.6) is 5.75 Å².